The lowest BCUT2D eigenvalue weighted by Gasteiger charge is -2.19. The number of hydrogen-bond acceptors (Lipinski definition) is 4. The molecular weight excluding hydrogens is 268 g/mol. The van der Waals surface area contributed by atoms with Gasteiger partial charge in [-0.2, -0.15) is 0 Å². The first-order valence-electron chi connectivity index (χ1n) is 6.95. The van der Waals surface area contributed by atoms with Gasteiger partial charge in [-0.1, -0.05) is 26.8 Å². The molecule has 0 aliphatic heterocycles. The molecular formula is C16H24N2O3. The van der Waals surface area contributed by atoms with Gasteiger partial charge in [0, 0.05) is 6.20 Å². The highest BCUT2D eigenvalue weighted by Gasteiger charge is 2.18. The lowest BCUT2D eigenvalue weighted by molar-refractivity contribution is 0.0520. The highest BCUT2D eigenvalue weighted by atomic mass is 16.6. The van der Waals surface area contributed by atoms with Crippen LogP contribution in [-0.4, -0.2) is 29.0 Å². The van der Waals surface area contributed by atoms with Gasteiger partial charge in [-0.15, -0.1) is 0 Å². The van der Waals surface area contributed by atoms with Crippen molar-refractivity contribution in [3.8, 4) is 0 Å². The number of amides is 1. The minimum atomic E-state index is -0.609. The number of carbonyl (C=O) groups is 2. The molecule has 0 aromatic carbocycles. The van der Waals surface area contributed by atoms with Crippen molar-refractivity contribution in [2.75, 3.05) is 6.54 Å². The fourth-order valence-corrected chi connectivity index (χ4v) is 1.56. The molecule has 1 aromatic rings. The maximum Gasteiger partial charge on any atom is 0.408 e. The summed E-state index contributed by atoms with van der Waals surface area (Å²) in [5, 5.41) is 2.43. The molecule has 1 N–H and O–H groups in total. The third kappa shape index (κ3) is 5.94. The molecule has 21 heavy (non-hydrogen) atoms. The first kappa shape index (κ1) is 17.1. The van der Waals surface area contributed by atoms with Gasteiger partial charge in [0.1, 0.15) is 11.3 Å². The number of nitrogens with one attached hydrogen (secondary N) is 1. The van der Waals surface area contributed by atoms with Gasteiger partial charge < -0.3 is 10.1 Å². The zero-order valence-corrected chi connectivity index (χ0v) is 13.6. The van der Waals surface area contributed by atoms with Crippen molar-refractivity contribution in [3.63, 3.8) is 0 Å². The maximum absolute atomic E-state index is 11.9. The fraction of sp³-hybridized carbons (Fsp3) is 0.562. The quantitative estimate of drug-likeness (QED) is 0.869. The highest BCUT2D eigenvalue weighted by molar-refractivity contribution is 5.97. The largest absolute Gasteiger partial charge is 0.444 e. The van der Waals surface area contributed by atoms with Gasteiger partial charge in [0.15, 0.2) is 5.78 Å². The summed E-state index contributed by atoms with van der Waals surface area (Å²) >= 11 is 0. The Morgan fingerprint density at radius 3 is 2.19 bits per heavy atom. The third-order valence-electron chi connectivity index (χ3n) is 2.71. The Hall–Kier alpha value is -1.91. The van der Waals surface area contributed by atoms with Crippen molar-refractivity contribution in [1.82, 2.24) is 10.3 Å². The molecule has 0 fully saturated rings. The van der Waals surface area contributed by atoms with E-state index in [9.17, 15) is 9.59 Å². The molecule has 0 aliphatic rings. The van der Waals surface area contributed by atoms with Gasteiger partial charge in [-0.05, 0) is 37.8 Å². The molecule has 116 valence electrons. The number of pyridine rings is 1. The predicted octanol–water partition coefficient (Wildman–Crippen LogP) is 3.09. The Morgan fingerprint density at radius 1 is 1.14 bits per heavy atom. The van der Waals surface area contributed by atoms with Crippen LogP contribution in [0.3, 0.4) is 0 Å². The first-order chi connectivity index (χ1) is 9.49. The summed E-state index contributed by atoms with van der Waals surface area (Å²) in [6.45, 7) is 11.4. The number of ketones is 1. The molecule has 0 aliphatic carbocycles. The normalized spacial score (nSPS) is 11.9. The number of aromatic nitrogens is 1. The second-order valence-corrected chi connectivity index (χ2v) is 6.96. The van der Waals surface area contributed by atoms with E-state index in [0.717, 1.165) is 5.56 Å². The minimum Gasteiger partial charge on any atom is -0.444 e. The van der Waals surface area contributed by atoms with Crippen LogP contribution in [0.5, 0.6) is 0 Å². The number of alkyl carbamates (subject to hydrolysis) is 1. The average molecular weight is 292 g/mol. The van der Waals surface area contributed by atoms with Crippen molar-refractivity contribution in [1.29, 1.82) is 0 Å². The van der Waals surface area contributed by atoms with E-state index in [4.69, 9.17) is 4.74 Å². The minimum absolute atomic E-state index is 0.0106. The van der Waals surface area contributed by atoms with Crippen molar-refractivity contribution < 1.29 is 14.3 Å². The van der Waals surface area contributed by atoms with E-state index in [1.54, 1.807) is 33.0 Å². The van der Waals surface area contributed by atoms with Crippen LogP contribution in [0.4, 0.5) is 4.79 Å². The lowest BCUT2D eigenvalue weighted by Crippen LogP contribution is -2.35. The summed E-state index contributed by atoms with van der Waals surface area (Å²) in [6, 6.07) is 3.56. The number of ether oxygens (including phenoxy) is 1. The number of carbonyl (C=O) groups excluding carboxylic acids is 2. The Morgan fingerprint density at radius 2 is 1.76 bits per heavy atom. The molecule has 0 saturated carbocycles. The second kappa shape index (κ2) is 6.24. The van der Waals surface area contributed by atoms with Crippen molar-refractivity contribution in [3.05, 3.63) is 29.6 Å². The predicted molar refractivity (Wildman–Crippen MR) is 81.5 cm³/mol. The topological polar surface area (TPSA) is 68.3 Å². The molecule has 1 aromatic heterocycles. The van der Waals surface area contributed by atoms with Crippen molar-refractivity contribution >= 4 is 11.9 Å². The van der Waals surface area contributed by atoms with Crippen LogP contribution in [0.1, 0.15) is 57.6 Å². The van der Waals surface area contributed by atoms with Crippen LogP contribution >= 0.6 is 0 Å². The van der Waals surface area contributed by atoms with Crippen LogP contribution < -0.4 is 5.32 Å². The molecule has 0 atom stereocenters. The SMILES string of the molecule is CC(C)(C)OC(=O)NCC(=O)c1ccc(C(C)(C)C)cn1. The van der Waals surface area contributed by atoms with E-state index in [2.05, 4.69) is 31.1 Å². The van der Waals surface area contributed by atoms with Crippen LogP contribution in [0, 0.1) is 0 Å². The summed E-state index contributed by atoms with van der Waals surface area (Å²) in [5.74, 6) is -0.249. The number of hydrogen-bond donors (Lipinski definition) is 1. The molecule has 1 heterocycles. The van der Waals surface area contributed by atoms with Crippen LogP contribution in [0.2, 0.25) is 0 Å². The molecule has 1 amide bonds. The Kier molecular flexibility index (Phi) is 5.10. The molecule has 5 heteroatoms. The van der Waals surface area contributed by atoms with E-state index in [-0.39, 0.29) is 17.7 Å². The summed E-state index contributed by atoms with van der Waals surface area (Å²) in [5.41, 5.74) is 0.793. The van der Waals surface area contributed by atoms with Gasteiger partial charge in [-0.25, -0.2) is 4.79 Å². The van der Waals surface area contributed by atoms with Crippen LogP contribution in [-0.2, 0) is 10.2 Å². The zero-order valence-electron chi connectivity index (χ0n) is 13.6. The van der Waals surface area contributed by atoms with Crippen LogP contribution in [0.15, 0.2) is 18.3 Å². The van der Waals surface area contributed by atoms with Crippen molar-refractivity contribution in [2.45, 2.75) is 52.6 Å². The van der Waals surface area contributed by atoms with E-state index in [1.807, 2.05) is 6.07 Å². The summed E-state index contributed by atoms with van der Waals surface area (Å²) in [4.78, 5) is 27.6. The van der Waals surface area contributed by atoms with Gasteiger partial charge >= 0.3 is 6.09 Å². The number of Topliss-reactive ketones (excluding diaryl/α,β-unsaturated/α-hetero) is 1. The van der Waals surface area contributed by atoms with Gasteiger partial charge in [0.25, 0.3) is 0 Å². The Labute approximate surface area is 126 Å². The second-order valence-electron chi connectivity index (χ2n) is 6.96. The number of nitrogens with zero attached hydrogens (tertiary/aromatic N) is 1. The van der Waals surface area contributed by atoms with E-state index in [1.165, 1.54) is 0 Å². The summed E-state index contributed by atoms with van der Waals surface area (Å²) in [7, 11) is 0. The average Bonchev–Trinajstić information content (AvgIpc) is 2.33. The zero-order chi connectivity index (χ0) is 16.3. The molecule has 0 radical (unpaired) electrons. The third-order valence-corrected chi connectivity index (χ3v) is 2.71. The molecule has 5 nitrogen and oxygen atoms in total. The van der Waals surface area contributed by atoms with Crippen molar-refractivity contribution in [2.24, 2.45) is 0 Å². The first-order valence-corrected chi connectivity index (χ1v) is 6.95. The van der Waals surface area contributed by atoms with Gasteiger partial charge in [0.2, 0.25) is 0 Å². The van der Waals surface area contributed by atoms with E-state index >= 15 is 0 Å². The lowest BCUT2D eigenvalue weighted by atomic mass is 9.88. The van der Waals surface area contributed by atoms with Gasteiger partial charge in [0.05, 0.1) is 6.54 Å². The Bertz CT molecular complexity index is 508. The molecule has 1 rings (SSSR count). The van der Waals surface area contributed by atoms with Gasteiger partial charge in [-0.3, -0.25) is 9.78 Å². The monoisotopic (exact) mass is 292 g/mol. The van der Waals surface area contributed by atoms with E-state index < -0.39 is 11.7 Å². The molecule has 0 bridgehead atoms. The van der Waals surface area contributed by atoms with E-state index in [0.29, 0.717) is 5.69 Å². The smallest absolute Gasteiger partial charge is 0.408 e. The maximum atomic E-state index is 11.9. The highest BCUT2D eigenvalue weighted by Crippen LogP contribution is 2.20. The Balaban J connectivity index is 2.59. The number of rotatable bonds is 3. The molecule has 0 spiro atoms. The molecule has 0 saturated heterocycles. The van der Waals surface area contributed by atoms with Crippen LogP contribution in [0.25, 0.3) is 0 Å². The standard InChI is InChI=1S/C16H24N2O3/c1-15(2,3)11-7-8-12(17-9-11)13(19)10-18-14(20)21-16(4,5)6/h7-9H,10H2,1-6H3,(H,18,20). The molecule has 0 unspecified atom stereocenters. The summed E-state index contributed by atoms with van der Waals surface area (Å²) < 4.78 is 5.07. The summed E-state index contributed by atoms with van der Waals surface area (Å²) in [6.07, 6.45) is 1.09. The fourth-order valence-electron chi connectivity index (χ4n) is 1.56.